The number of amidine groups is 1. The maximum Gasteiger partial charge on any atom is 0.130 e. The van der Waals surface area contributed by atoms with Crippen LogP contribution in [0.4, 0.5) is 0 Å². The molecule has 0 atom stereocenters. The van der Waals surface area contributed by atoms with Gasteiger partial charge in [0.25, 0.3) is 0 Å². The summed E-state index contributed by atoms with van der Waals surface area (Å²) in [5.41, 5.74) is -0.294. The maximum atomic E-state index is 5.14. The molecule has 4 rings (SSSR count). The van der Waals surface area contributed by atoms with Gasteiger partial charge in [0.2, 0.25) is 0 Å². The second-order valence-corrected chi connectivity index (χ2v) is 7.67. The fourth-order valence-electron chi connectivity index (χ4n) is 3.30. The Kier molecular flexibility index (Phi) is 4.33. The third-order valence-corrected chi connectivity index (χ3v) is 5.94. The minimum absolute atomic E-state index is 0.294. The summed E-state index contributed by atoms with van der Waals surface area (Å²) in [6.07, 6.45) is 12.3. The Labute approximate surface area is 148 Å². The number of likely N-dealkylation sites (N-methyl/N-ethyl adjacent to an activating group) is 1. The molecule has 4 heteroatoms. The van der Waals surface area contributed by atoms with E-state index in [1.54, 1.807) is 0 Å². The van der Waals surface area contributed by atoms with E-state index in [1.165, 1.54) is 9.80 Å². The highest BCUT2D eigenvalue weighted by atomic mass is 32.2. The molecule has 0 aromatic heterocycles. The van der Waals surface area contributed by atoms with E-state index in [0.29, 0.717) is 0 Å². The Hall–Kier alpha value is -1.78. The van der Waals surface area contributed by atoms with E-state index in [0.717, 1.165) is 38.4 Å². The van der Waals surface area contributed by atoms with Gasteiger partial charge in [0.05, 0.1) is 0 Å². The van der Waals surface area contributed by atoms with Gasteiger partial charge < -0.3 is 9.80 Å². The molecule has 0 N–H and O–H groups in total. The van der Waals surface area contributed by atoms with E-state index in [-0.39, 0.29) is 5.54 Å². The fourth-order valence-corrected chi connectivity index (χ4v) is 4.36. The van der Waals surface area contributed by atoms with Gasteiger partial charge in [0.1, 0.15) is 11.4 Å². The number of nitrogens with zero attached hydrogens (tertiary/aromatic N) is 3. The SMILES string of the molecule is CN1CCN(C2=NC3(C=CCC=C3)C(Sc3ccccc3)=C2)CC1. The lowest BCUT2D eigenvalue weighted by molar-refractivity contribution is 0.216. The molecule has 0 saturated carbocycles. The zero-order valence-electron chi connectivity index (χ0n) is 14.1. The normalized spacial score (nSPS) is 22.8. The molecular weight excluding hydrogens is 314 g/mol. The van der Waals surface area contributed by atoms with E-state index in [4.69, 9.17) is 4.99 Å². The molecule has 2 aliphatic heterocycles. The molecule has 1 aromatic rings. The van der Waals surface area contributed by atoms with Crippen molar-refractivity contribution in [1.82, 2.24) is 9.80 Å². The van der Waals surface area contributed by atoms with Crippen molar-refractivity contribution in [1.29, 1.82) is 0 Å². The predicted octanol–water partition coefficient (Wildman–Crippen LogP) is 3.58. The van der Waals surface area contributed by atoms with Crippen LogP contribution in [-0.4, -0.2) is 54.4 Å². The lowest BCUT2D eigenvalue weighted by Gasteiger charge is -2.33. The molecule has 1 aliphatic carbocycles. The minimum Gasteiger partial charge on any atom is -0.354 e. The van der Waals surface area contributed by atoms with Gasteiger partial charge in [0.15, 0.2) is 0 Å². The van der Waals surface area contributed by atoms with Crippen LogP contribution in [0.15, 0.2) is 75.5 Å². The van der Waals surface area contributed by atoms with Crippen LogP contribution in [0.3, 0.4) is 0 Å². The minimum atomic E-state index is -0.294. The number of hydrogen-bond donors (Lipinski definition) is 0. The summed E-state index contributed by atoms with van der Waals surface area (Å²) in [6, 6.07) is 10.6. The zero-order chi connectivity index (χ0) is 16.4. The first-order valence-electron chi connectivity index (χ1n) is 8.59. The summed E-state index contributed by atoms with van der Waals surface area (Å²) in [5, 5.41) is 0. The first-order valence-corrected chi connectivity index (χ1v) is 9.41. The molecule has 0 bridgehead atoms. The van der Waals surface area contributed by atoms with Crippen molar-refractivity contribution < 1.29 is 0 Å². The lowest BCUT2D eigenvalue weighted by atomic mass is 9.95. The Morgan fingerprint density at radius 2 is 1.71 bits per heavy atom. The highest BCUT2D eigenvalue weighted by Crippen LogP contribution is 2.43. The van der Waals surface area contributed by atoms with Crippen LogP contribution in [0.1, 0.15) is 6.42 Å². The maximum absolute atomic E-state index is 5.14. The number of thioether (sulfide) groups is 1. The highest BCUT2D eigenvalue weighted by molar-refractivity contribution is 8.03. The Morgan fingerprint density at radius 1 is 1.00 bits per heavy atom. The van der Waals surface area contributed by atoms with Crippen molar-refractivity contribution in [3.8, 4) is 0 Å². The topological polar surface area (TPSA) is 18.8 Å². The Balaban J connectivity index is 1.63. The van der Waals surface area contributed by atoms with Crippen LogP contribution < -0.4 is 0 Å². The number of rotatable bonds is 2. The first-order chi connectivity index (χ1) is 11.8. The van der Waals surface area contributed by atoms with Crippen molar-refractivity contribution in [3.05, 3.63) is 65.6 Å². The Morgan fingerprint density at radius 3 is 2.42 bits per heavy atom. The molecule has 0 radical (unpaired) electrons. The molecule has 1 spiro atoms. The zero-order valence-corrected chi connectivity index (χ0v) is 14.9. The molecule has 0 unspecified atom stereocenters. The number of allylic oxidation sites excluding steroid dienone is 2. The molecule has 1 fully saturated rings. The molecule has 1 saturated heterocycles. The van der Waals surface area contributed by atoms with Crippen molar-refractivity contribution >= 4 is 17.6 Å². The molecule has 1 aromatic carbocycles. The van der Waals surface area contributed by atoms with E-state index >= 15 is 0 Å². The third-order valence-electron chi connectivity index (χ3n) is 4.77. The summed E-state index contributed by atoms with van der Waals surface area (Å²) in [5.74, 6) is 1.14. The summed E-state index contributed by atoms with van der Waals surface area (Å²) >= 11 is 1.83. The van der Waals surface area contributed by atoms with Gasteiger partial charge in [-0.15, -0.1) is 0 Å². The van der Waals surface area contributed by atoms with E-state index in [2.05, 4.69) is 77.6 Å². The summed E-state index contributed by atoms with van der Waals surface area (Å²) in [4.78, 5) is 12.5. The molecule has 2 heterocycles. The highest BCUT2D eigenvalue weighted by Gasteiger charge is 2.36. The van der Waals surface area contributed by atoms with Gasteiger partial charge in [0, 0.05) is 36.0 Å². The fraction of sp³-hybridized carbons (Fsp3) is 0.350. The van der Waals surface area contributed by atoms with E-state index in [9.17, 15) is 0 Å². The van der Waals surface area contributed by atoms with E-state index < -0.39 is 0 Å². The van der Waals surface area contributed by atoms with Crippen molar-refractivity contribution in [2.45, 2.75) is 16.9 Å². The number of hydrogen-bond acceptors (Lipinski definition) is 4. The average molecular weight is 337 g/mol. The van der Waals surface area contributed by atoms with Crippen LogP contribution in [0.25, 0.3) is 0 Å². The van der Waals surface area contributed by atoms with Crippen LogP contribution in [-0.2, 0) is 0 Å². The van der Waals surface area contributed by atoms with Crippen LogP contribution in [0.2, 0.25) is 0 Å². The second-order valence-electron chi connectivity index (χ2n) is 6.55. The largest absolute Gasteiger partial charge is 0.354 e. The second kappa shape index (κ2) is 6.61. The third kappa shape index (κ3) is 3.08. The predicted molar refractivity (Wildman–Crippen MR) is 103 cm³/mol. The quantitative estimate of drug-likeness (QED) is 0.769. The van der Waals surface area contributed by atoms with Crippen molar-refractivity contribution in [2.24, 2.45) is 4.99 Å². The van der Waals surface area contributed by atoms with Gasteiger partial charge in [-0.05, 0) is 31.7 Å². The van der Waals surface area contributed by atoms with Crippen LogP contribution in [0.5, 0.6) is 0 Å². The smallest absolute Gasteiger partial charge is 0.130 e. The molecule has 0 amide bonds. The van der Waals surface area contributed by atoms with Gasteiger partial charge in [-0.25, -0.2) is 4.99 Å². The van der Waals surface area contributed by atoms with Gasteiger partial charge in [-0.1, -0.05) is 54.3 Å². The van der Waals surface area contributed by atoms with Gasteiger partial charge in [-0.2, -0.15) is 0 Å². The molecule has 3 aliphatic rings. The first kappa shape index (κ1) is 15.7. The van der Waals surface area contributed by atoms with E-state index in [1.807, 2.05) is 11.8 Å². The summed E-state index contributed by atoms with van der Waals surface area (Å²) in [6.45, 7) is 4.32. The van der Waals surface area contributed by atoms with Crippen molar-refractivity contribution in [2.75, 3.05) is 33.2 Å². The molecule has 124 valence electrons. The lowest BCUT2D eigenvalue weighted by Crippen LogP contribution is -2.46. The summed E-state index contributed by atoms with van der Waals surface area (Å²) < 4.78 is 0. The molecular formula is C20H23N3S. The monoisotopic (exact) mass is 337 g/mol. The number of benzene rings is 1. The Bertz CT molecular complexity index is 698. The summed E-state index contributed by atoms with van der Waals surface area (Å²) in [7, 11) is 2.19. The van der Waals surface area contributed by atoms with Crippen molar-refractivity contribution in [3.63, 3.8) is 0 Å². The number of piperazine rings is 1. The van der Waals surface area contributed by atoms with Gasteiger partial charge >= 0.3 is 0 Å². The van der Waals surface area contributed by atoms with Crippen LogP contribution in [0, 0.1) is 0 Å². The molecule has 3 nitrogen and oxygen atoms in total. The van der Waals surface area contributed by atoms with Crippen LogP contribution >= 0.6 is 11.8 Å². The standard InChI is InChI=1S/C20H23N3S/c1-22-12-14-23(15-13-22)19-16-18(24-17-8-4-2-5-9-17)20(21-19)10-6-3-7-11-20/h2,4-11,16H,3,12-15H2,1H3. The van der Waals surface area contributed by atoms with Gasteiger partial charge in [-0.3, -0.25) is 0 Å². The molecule has 24 heavy (non-hydrogen) atoms. The number of aliphatic imine (C=N–C) groups is 1. The average Bonchev–Trinajstić information content (AvgIpc) is 2.95.